The Hall–Kier alpha value is -4.59. The van der Waals surface area contributed by atoms with Crippen molar-refractivity contribution in [2.45, 2.75) is 32.7 Å². The number of methoxy groups -OCH3 is 1. The number of allylic oxidation sites excluding steroid dienone is 3. The van der Waals surface area contributed by atoms with Gasteiger partial charge < -0.3 is 25.0 Å². The molecule has 0 spiro atoms. The molecule has 0 saturated heterocycles. The van der Waals surface area contributed by atoms with Crippen LogP contribution in [0.15, 0.2) is 65.6 Å². The Bertz CT molecular complexity index is 1600. The molecule has 1 amide bonds. The van der Waals surface area contributed by atoms with Crippen LogP contribution in [0, 0.1) is 6.92 Å². The Kier molecular flexibility index (Phi) is 5.55. The van der Waals surface area contributed by atoms with Crippen molar-refractivity contribution >= 4 is 28.2 Å². The lowest BCUT2D eigenvalue weighted by atomic mass is 9.71. The van der Waals surface area contributed by atoms with Crippen LogP contribution in [-0.4, -0.2) is 34.8 Å². The van der Waals surface area contributed by atoms with Gasteiger partial charge in [0.05, 0.1) is 12.7 Å². The Morgan fingerprint density at radius 2 is 1.81 bits per heavy atom. The number of ketones is 2. The van der Waals surface area contributed by atoms with E-state index in [1.54, 1.807) is 0 Å². The molecule has 0 bridgehead atoms. The first-order valence-corrected chi connectivity index (χ1v) is 11.7. The van der Waals surface area contributed by atoms with Crippen LogP contribution in [-0.2, 0) is 21.5 Å². The smallest absolute Gasteiger partial charge is 0.259 e. The quantitative estimate of drug-likeness (QED) is 0.447. The lowest BCUT2D eigenvalue weighted by Gasteiger charge is -2.27. The molecule has 3 aromatic rings. The molecule has 188 valence electrons. The third-order valence-corrected chi connectivity index (χ3v) is 7.11. The number of aliphatic hydroxyl groups is 1. The molecular formula is C29H25NO7. The van der Waals surface area contributed by atoms with Crippen LogP contribution >= 0.6 is 0 Å². The Balaban J connectivity index is 1.57. The number of aliphatic hydroxyl groups excluding tert-OH is 1. The number of ether oxygens (including phenoxy) is 2. The van der Waals surface area contributed by atoms with E-state index in [4.69, 9.17) is 9.47 Å². The number of amides is 1. The molecule has 3 N–H and O–H groups in total. The van der Waals surface area contributed by atoms with Gasteiger partial charge in [0, 0.05) is 18.7 Å². The van der Waals surface area contributed by atoms with Gasteiger partial charge in [-0.05, 0) is 42.7 Å². The number of carbonyl (C=O) groups excluding carboxylic acids is 3. The van der Waals surface area contributed by atoms with Crippen molar-refractivity contribution in [2.75, 3.05) is 7.11 Å². The number of aromatic hydroxyl groups is 1. The highest BCUT2D eigenvalue weighted by Gasteiger charge is 2.55. The second-order valence-electron chi connectivity index (χ2n) is 9.33. The normalized spacial score (nSPS) is 18.2. The first-order valence-electron chi connectivity index (χ1n) is 11.7. The topological polar surface area (TPSA) is 122 Å². The number of nitrogens with one attached hydrogen (secondary N) is 1. The number of hydrogen-bond donors (Lipinski definition) is 3. The van der Waals surface area contributed by atoms with Crippen LogP contribution in [0.1, 0.15) is 40.9 Å². The van der Waals surface area contributed by atoms with Gasteiger partial charge in [-0.3, -0.25) is 14.4 Å². The van der Waals surface area contributed by atoms with Crippen molar-refractivity contribution in [3.63, 3.8) is 0 Å². The standard InChI is InChI=1S/C29H25NO7/c1-14-9-10-16(18-8-6-5-7-17(14)18)13-30-28(35)24-21(36-4)11-20(33)25-26(24)37-22-12-19(32)23(15(2)31)27(34)29(22,25)3/h5-12,32-33H,13H2,1-4H3,(H,30,35)/t29-/m1/s1. The van der Waals surface area contributed by atoms with Gasteiger partial charge in [0.25, 0.3) is 5.91 Å². The van der Waals surface area contributed by atoms with Gasteiger partial charge >= 0.3 is 0 Å². The number of hydrogen-bond acceptors (Lipinski definition) is 7. The van der Waals surface area contributed by atoms with Crippen LogP contribution in [0.3, 0.4) is 0 Å². The second-order valence-corrected chi connectivity index (χ2v) is 9.33. The number of fused-ring (bicyclic) bond motifs is 4. The molecule has 5 rings (SSSR count). The number of phenolic OH excluding ortho intramolecular Hbond substituents is 1. The fourth-order valence-corrected chi connectivity index (χ4v) is 5.15. The summed E-state index contributed by atoms with van der Waals surface area (Å²) in [5, 5.41) is 26.2. The zero-order valence-electron chi connectivity index (χ0n) is 20.8. The van der Waals surface area contributed by atoms with Crippen LogP contribution in [0.2, 0.25) is 0 Å². The van der Waals surface area contributed by atoms with E-state index in [2.05, 4.69) is 5.32 Å². The molecule has 1 atom stereocenters. The number of Topliss-reactive ketones (excluding diaryl/α,β-unsaturated/α-hetero) is 2. The fraction of sp³-hybridized carbons (Fsp3) is 0.207. The highest BCUT2D eigenvalue weighted by Crippen LogP contribution is 2.56. The molecule has 37 heavy (non-hydrogen) atoms. The molecule has 0 aromatic heterocycles. The molecule has 0 fully saturated rings. The Morgan fingerprint density at radius 1 is 1.11 bits per heavy atom. The van der Waals surface area contributed by atoms with Gasteiger partial charge in [-0.25, -0.2) is 0 Å². The molecule has 3 aromatic carbocycles. The number of phenols is 1. The van der Waals surface area contributed by atoms with E-state index in [1.807, 2.05) is 43.3 Å². The van der Waals surface area contributed by atoms with Gasteiger partial charge in [-0.15, -0.1) is 0 Å². The molecule has 8 heteroatoms. The van der Waals surface area contributed by atoms with E-state index in [1.165, 1.54) is 33.1 Å². The highest BCUT2D eigenvalue weighted by molar-refractivity contribution is 6.25. The molecular weight excluding hydrogens is 474 g/mol. The van der Waals surface area contributed by atoms with E-state index in [9.17, 15) is 24.6 Å². The lowest BCUT2D eigenvalue weighted by Crippen LogP contribution is -2.38. The third-order valence-electron chi connectivity index (χ3n) is 7.11. The summed E-state index contributed by atoms with van der Waals surface area (Å²) in [6.45, 7) is 4.87. The van der Waals surface area contributed by atoms with E-state index < -0.39 is 34.2 Å². The molecule has 0 radical (unpaired) electrons. The van der Waals surface area contributed by atoms with Gasteiger partial charge in [-0.1, -0.05) is 36.4 Å². The van der Waals surface area contributed by atoms with E-state index in [0.717, 1.165) is 21.9 Å². The predicted molar refractivity (Wildman–Crippen MR) is 136 cm³/mol. The molecule has 0 unspecified atom stereocenters. The second kappa shape index (κ2) is 8.51. The average molecular weight is 500 g/mol. The minimum atomic E-state index is -1.61. The zero-order chi connectivity index (χ0) is 26.6. The molecule has 8 nitrogen and oxygen atoms in total. The van der Waals surface area contributed by atoms with Crippen molar-refractivity contribution < 1.29 is 34.1 Å². The number of benzene rings is 3. The fourth-order valence-electron chi connectivity index (χ4n) is 5.15. The van der Waals surface area contributed by atoms with Gasteiger partial charge in [0.15, 0.2) is 17.3 Å². The number of carbonyl (C=O) groups is 3. The minimum Gasteiger partial charge on any atom is -0.507 e. The summed E-state index contributed by atoms with van der Waals surface area (Å²) < 4.78 is 11.3. The highest BCUT2D eigenvalue weighted by atomic mass is 16.5. The average Bonchev–Trinajstić information content (AvgIpc) is 3.16. The maximum atomic E-state index is 13.5. The van der Waals surface area contributed by atoms with Crippen LogP contribution in [0.25, 0.3) is 10.8 Å². The maximum absolute atomic E-state index is 13.5. The molecule has 2 aliphatic rings. The summed E-state index contributed by atoms with van der Waals surface area (Å²) in [6, 6.07) is 13.1. The summed E-state index contributed by atoms with van der Waals surface area (Å²) >= 11 is 0. The van der Waals surface area contributed by atoms with Crippen molar-refractivity contribution in [2.24, 2.45) is 0 Å². The van der Waals surface area contributed by atoms with Gasteiger partial charge in [0.2, 0.25) is 0 Å². The predicted octanol–water partition coefficient (Wildman–Crippen LogP) is 4.31. The summed E-state index contributed by atoms with van der Waals surface area (Å²) in [5.41, 5.74) is 0.0364. The van der Waals surface area contributed by atoms with Crippen LogP contribution < -0.4 is 14.8 Å². The maximum Gasteiger partial charge on any atom is 0.259 e. The van der Waals surface area contributed by atoms with Crippen molar-refractivity contribution in [3.05, 3.63) is 87.9 Å². The largest absolute Gasteiger partial charge is 0.507 e. The van der Waals surface area contributed by atoms with Crippen molar-refractivity contribution in [1.29, 1.82) is 0 Å². The van der Waals surface area contributed by atoms with E-state index in [0.29, 0.717) is 0 Å². The monoisotopic (exact) mass is 499 g/mol. The summed E-state index contributed by atoms with van der Waals surface area (Å²) in [7, 11) is 1.35. The molecule has 1 heterocycles. The first-order chi connectivity index (χ1) is 17.6. The van der Waals surface area contributed by atoms with Crippen molar-refractivity contribution in [1.82, 2.24) is 5.32 Å². The number of rotatable bonds is 5. The Morgan fingerprint density at radius 3 is 2.49 bits per heavy atom. The van der Waals surface area contributed by atoms with Crippen LogP contribution in [0.5, 0.6) is 17.2 Å². The molecule has 1 aliphatic heterocycles. The lowest BCUT2D eigenvalue weighted by molar-refractivity contribution is -0.123. The first kappa shape index (κ1) is 24.1. The third kappa shape index (κ3) is 3.48. The van der Waals surface area contributed by atoms with Gasteiger partial charge in [0.1, 0.15) is 39.6 Å². The summed E-state index contributed by atoms with van der Waals surface area (Å²) in [5.74, 6) is -2.79. The summed E-state index contributed by atoms with van der Waals surface area (Å²) in [6.07, 6.45) is 1.17. The number of aryl methyl sites for hydroxylation is 1. The molecule has 1 aliphatic carbocycles. The van der Waals surface area contributed by atoms with Gasteiger partial charge in [-0.2, -0.15) is 0 Å². The Labute approximate surface area is 212 Å². The minimum absolute atomic E-state index is 0.00266. The van der Waals surface area contributed by atoms with Crippen molar-refractivity contribution in [3.8, 4) is 17.2 Å². The summed E-state index contributed by atoms with van der Waals surface area (Å²) in [4.78, 5) is 39.0. The van der Waals surface area contributed by atoms with E-state index >= 15 is 0 Å². The van der Waals surface area contributed by atoms with Crippen LogP contribution in [0.4, 0.5) is 0 Å². The SMILES string of the molecule is COc1cc(O)c2c(c1C(=O)NCc1ccc(C)c3ccccc13)OC1=CC(O)=C(C(C)=O)C(=O)[C@]12C. The van der Waals surface area contributed by atoms with E-state index in [-0.39, 0.29) is 40.7 Å². The molecule has 0 saturated carbocycles. The zero-order valence-corrected chi connectivity index (χ0v) is 20.8.